The summed E-state index contributed by atoms with van der Waals surface area (Å²) in [6.07, 6.45) is 3.46. The monoisotopic (exact) mass is 315 g/mol. The molecule has 3 heterocycles. The number of piperidine rings is 1. The van der Waals surface area contributed by atoms with Crippen LogP contribution in [0.25, 0.3) is 0 Å². The van der Waals surface area contributed by atoms with E-state index in [0.29, 0.717) is 29.6 Å². The number of furan rings is 1. The summed E-state index contributed by atoms with van der Waals surface area (Å²) in [5.74, 6) is 2.67. The van der Waals surface area contributed by atoms with Crippen LogP contribution < -0.4 is 4.74 Å². The van der Waals surface area contributed by atoms with E-state index in [-0.39, 0.29) is 12.0 Å². The highest BCUT2D eigenvalue weighted by molar-refractivity contribution is 5.95. The lowest BCUT2D eigenvalue weighted by molar-refractivity contribution is 0.0525. The SMILES string of the molecule is Cc1nccc(O[C@@H]2CCCN(C(=O)c3cc(C)oc3C)C2)n1. The largest absolute Gasteiger partial charge is 0.472 e. The molecule has 0 aromatic carbocycles. The average Bonchev–Trinajstić information content (AvgIpc) is 2.85. The van der Waals surface area contributed by atoms with Crippen molar-refractivity contribution >= 4 is 5.91 Å². The van der Waals surface area contributed by atoms with E-state index in [2.05, 4.69) is 9.97 Å². The van der Waals surface area contributed by atoms with Gasteiger partial charge in [0.25, 0.3) is 5.91 Å². The minimum Gasteiger partial charge on any atom is -0.472 e. The lowest BCUT2D eigenvalue weighted by Gasteiger charge is -2.32. The molecule has 1 aliphatic rings. The van der Waals surface area contributed by atoms with E-state index in [1.54, 1.807) is 18.3 Å². The maximum atomic E-state index is 12.7. The van der Waals surface area contributed by atoms with Gasteiger partial charge in [0.05, 0.1) is 12.1 Å². The third-order valence-corrected chi connectivity index (χ3v) is 3.97. The van der Waals surface area contributed by atoms with Crippen LogP contribution in [0.2, 0.25) is 0 Å². The number of aromatic nitrogens is 2. The van der Waals surface area contributed by atoms with Crippen molar-refractivity contribution in [3.8, 4) is 5.88 Å². The van der Waals surface area contributed by atoms with Crippen molar-refractivity contribution in [3.63, 3.8) is 0 Å². The van der Waals surface area contributed by atoms with Gasteiger partial charge in [0.15, 0.2) is 0 Å². The number of rotatable bonds is 3. The summed E-state index contributed by atoms with van der Waals surface area (Å²) in [6.45, 7) is 6.80. The van der Waals surface area contributed by atoms with Crippen molar-refractivity contribution in [2.24, 2.45) is 0 Å². The molecule has 0 saturated carbocycles. The van der Waals surface area contributed by atoms with Crippen LogP contribution in [0.3, 0.4) is 0 Å². The summed E-state index contributed by atoms with van der Waals surface area (Å²) in [7, 11) is 0. The van der Waals surface area contributed by atoms with Crippen molar-refractivity contribution in [3.05, 3.63) is 41.2 Å². The van der Waals surface area contributed by atoms with Crippen LogP contribution in [-0.2, 0) is 0 Å². The molecule has 6 nitrogen and oxygen atoms in total. The van der Waals surface area contributed by atoms with E-state index < -0.39 is 0 Å². The topological polar surface area (TPSA) is 68.5 Å². The second kappa shape index (κ2) is 6.40. The molecule has 1 saturated heterocycles. The van der Waals surface area contributed by atoms with Crippen LogP contribution in [0.15, 0.2) is 22.7 Å². The summed E-state index contributed by atoms with van der Waals surface area (Å²) in [5.41, 5.74) is 0.640. The Labute approximate surface area is 135 Å². The third-order valence-electron chi connectivity index (χ3n) is 3.97. The first-order chi connectivity index (χ1) is 11.0. The van der Waals surface area contributed by atoms with Crippen molar-refractivity contribution in [1.82, 2.24) is 14.9 Å². The quantitative estimate of drug-likeness (QED) is 0.871. The Morgan fingerprint density at radius 2 is 2.22 bits per heavy atom. The second-order valence-corrected chi connectivity index (χ2v) is 5.90. The van der Waals surface area contributed by atoms with Gasteiger partial charge in [0, 0.05) is 18.8 Å². The molecule has 0 spiro atoms. The van der Waals surface area contributed by atoms with Crippen molar-refractivity contribution in [1.29, 1.82) is 0 Å². The standard InChI is InChI=1S/C17H21N3O3/c1-11-9-15(12(2)22-11)17(21)20-8-4-5-14(10-20)23-16-6-7-18-13(3)19-16/h6-7,9,14H,4-5,8,10H2,1-3H3/t14-/m1/s1. The predicted octanol–water partition coefficient (Wildman–Crippen LogP) is 2.68. The lowest BCUT2D eigenvalue weighted by Crippen LogP contribution is -2.44. The van der Waals surface area contributed by atoms with Gasteiger partial charge in [-0.15, -0.1) is 0 Å². The number of amides is 1. The van der Waals surface area contributed by atoms with Gasteiger partial charge in [-0.05, 0) is 39.7 Å². The van der Waals surface area contributed by atoms with E-state index in [4.69, 9.17) is 9.15 Å². The molecule has 1 amide bonds. The Kier molecular flexibility index (Phi) is 4.32. The summed E-state index contributed by atoms with van der Waals surface area (Å²) in [5, 5.41) is 0. The van der Waals surface area contributed by atoms with Crippen molar-refractivity contribution < 1.29 is 13.9 Å². The zero-order valence-electron chi connectivity index (χ0n) is 13.7. The molecule has 1 aliphatic heterocycles. The molecular formula is C17H21N3O3. The number of hydrogen-bond acceptors (Lipinski definition) is 5. The van der Waals surface area contributed by atoms with Crippen LogP contribution in [0.5, 0.6) is 5.88 Å². The lowest BCUT2D eigenvalue weighted by atomic mass is 10.1. The summed E-state index contributed by atoms with van der Waals surface area (Å²) >= 11 is 0. The molecule has 0 unspecified atom stereocenters. The zero-order valence-corrected chi connectivity index (χ0v) is 13.7. The van der Waals surface area contributed by atoms with Crippen LogP contribution in [-0.4, -0.2) is 40.0 Å². The molecule has 2 aromatic heterocycles. The number of likely N-dealkylation sites (tertiary alicyclic amines) is 1. The predicted molar refractivity (Wildman–Crippen MR) is 84.5 cm³/mol. The number of ether oxygens (including phenoxy) is 1. The third kappa shape index (κ3) is 3.52. The minimum atomic E-state index is -0.0460. The fraction of sp³-hybridized carbons (Fsp3) is 0.471. The highest BCUT2D eigenvalue weighted by Gasteiger charge is 2.27. The highest BCUT2D eigenvalue weighted by atomic mass is 16.5. The molecular weight excluding hydrogens is 294 g/mol. The molecule has 0 aliphatic carbocycles. The Hall–Kier alpha value is -2.37. The highest BCUT2D eigenvalue weighted by Crippen LogP contribution is 2.21. The fourth-order valence-electron chi connectivity index (χ4n) is 2.90. The van der Waals surface area contributed by atoms with Gasteiger partial charge in [-0.3, -0.25) is 4.79 Å². The Morgan fingerprint density at radius 1 is 1.39 bits per heavy atom. The molecule has 0 radical (unpaired) electrons. The van der Waals surface area contributed by atoms with Gasteiger partial charge in [-0.25, -0.2) is 4.98 Å². The van der Waals surface area contributed by atoms with Crippen LogP contribution >= 0.6 is 0 Å². The first-order valence-electron chi connectivity index (χ1n) is 7.85. The van der Waals surface area contributed by atoms with Gasteiger partial charge in [-0.2, -0.15) is 4.98 Å². The molecule has 1 atom stereocenters. The van der Waals surface area contributed by atoms with Crippen LogP contribution in [0, 0.1) is 20.8 Å². The first kappa shape index (κ1) is 15.5. The molecule has 6 heteroatoms. The second-order valence-electron chi connectivity index (χ2n) is 5.90. The van der Waals surface area contributed by atoms with Gasteiger partial charge in [0.1, 0.15) is 23.4 Å². The molecule has 2 aromatic rings. The number of carbonyl (C=O) groups excluding carboxylic acids is 1. The van der Waals surface area contributed by atoms with Gasteiger partial charge < -0.3 is 14.1 Å². The zero-order chi connectivity index (χ0) is 16.4. The van der Waals surface area contributed by atoms with Crippen LogP contribution in [0.4, 0.5) is 0 Å². The smallest absolute Gasteiger partial charge is 0.257 e. The number of nitrogens with zero attached hydrogens (tertiary/aromatic N) is 3. The normalized spacial score (nSPS) is 18.0. The number of carbonyl (C=O) groups is 1. The Balaban J connectivity index is 1.68. The van der Waals surface area contributed by atoms with Crippen molar-refractivity contribution in [2.45, 2.75) is 39.7 Å². The number of hydrogen-bond donors (Lipinski definition) is 0. The molecule has 0 N–H and O–H groups in total. The molecule has 23 heavy (non-hydrogen) atoms. The first-order valence-corrected chi connectivity index (χ1v) is 7.85. The summed E-state index contributed by atoms with van der Waals surface area (Å²) in [4.78, 5) is 22.8. The Morgan fingerprint density at radius 3 is 2.91 bits per heavy atom. The fourth-order valence-corrected chi connectivity index (χ4v) is 2.90. The van der Waals surface area contributed by atoms with E-state index >= 15 is 0 Å². The van der Waals surface area contributed by atoms with E-state index in [9.17, 15) is 4.79 Å². The average molecular weight is 315 g/mol. The van der Waals surface area contributed by atoms with E-state index in [1.807, 2.05) is 25.7 Å². The van der Waals surface area contributed by atoms with Gasteiger partial charge in [0.2, 0.25) is 5.88 Å². The maximum Gasteiger partial charge on any atom is 0.257 e. The van der Waals surface area contributed by atoms with Gasteiger partial charge in [-0.1, -0.05) is 0 Å². The molecule has 0 bridgehead atoms. The van der Waals surface area contributed by atoms with Crippen LogP contribution in [0.1, 0.15) is 40.5 Å². The van der Waals surface area contributed by atoms with Crippen molar-refractivity contribution in [2.75, 3.05) is 13.1 Å². The molecule has 1 fully saturated rings. The van der Waals surface area contributed by atoms with E-state index in [0.717, 1.165) is 25.1 Å². The number of aryl methyl sites for hydroxylation is 3. The Bertz CT molecular complexity index is 711. The summed E-state index contributed by atoms with van der Waals surface area (Å²) < 4.78 is 11.4. The minimum absolute atomic E-state index is 0.00604. The summed E-state index contributed by atoms with van der Waals surface area (Å²) in [6, 6.07) is 3.55. The van der Waals surface area contributed by atoms with Gasteiger partial charge >= 0.3 is 0 Å². The molecule has 3 rings (SSSR count). The van der Waals surface area contributed by atoms with E-state index in [1.165, 1.54) is 0 Å². The molecule has 122 valence electrons. The maximum absolute atomic E-state index is 12.7.